The Kier molecular flexibility index (Phi) is 4.11. The molecule has 96 valence electrons. The maximum Gasteiger partial charge on any atom is 0.248 e. The highest BCUT2D eigenvalue weighted by atomic mass is 32.2. The summed E-state index contributed by atoms with van der Waals surface area (Å²) in [6.45, 7) is 11.2. The van der Waals surface area contributed by atoms with E-state index in [-0.39, 0.29) is 4.90 Å². The molecule has 17 heavy (non-hydrogen) atoms. The van der Waals surface area contributed by atoms with Crippen molar-refractivity contribution in [1.82, 2.24) is 9.46 Å². The van der Waals surface area contributed by atoms with Gasteiger partial charge >= 0.3 is 0 Å². The average Bonchev–Trinajstić information content (AvgIpc) is 2.54. The SMILES string of the molecule is C=C(C)CN(CC)S(=O)(=O)c1c(C)noc1C. The van der Waals surface area contributed by atoms with E-state index in [0.29, 0.717) is 24.5 Å². The first-order valence-corrected chi connectivity index (χ1v) is 6.82. The van der Waals surface area contributed by atoms with Crippen molar-refractivity contribution in [3.63, 3.8) is 0 Å². The summed E-state index contributed by atoms with van der Waals surface area (Å²) in [7, 11) is -3.55. The molecule has 0 saturated heterocycles. The topological polar surface area (TPSA) is 63.4 Å². The summed E-state index contributed by atoms with van der Waals surface area (Å²) in [6.07, 6.45) is 0. The second-order valence-corrected chi connectivity index (χ2v) is 5.92. The monoisotopic (exact) mass is 258 g/mol. The molecule has 0 aliphatic rings. The van der Waals surface area contributed by atoms with Gasteiger partial charge in [0.05, 0.1) is 0 Å². The molecule has 1 rings (SSSR count). The van der Waals surface area contributed by atoms with Crippen molar-refractivity contribution in [2.24, 2.45) is 0 Å². The quantitative estimate of drug-likeness (QED) is 0.756. The number of likely N-dealkylation sites (N-methyl/N-ethyl adjacent to an activating group) is 1. The molecule has 0 aromatic carbocycles. The Morgan fingerprint density at radius 2 is 2.06 bits per heavy atom. The zero-order valence-electron chi connectivity index (χ0n) is 10.6. The van der Waals surface area contributed by atoms with Crippen LogP contribution in [0.25, 0.3) is 0 Å². The van der Waals surface area contributed by atoms with E-state index in [0.717, 1.165) is 5.57 Å². The van der Waals surface area contributed by atoms with Crippen LogP contribution in [0.4, 0.5) is 0 Å². The fourth-order valence-electron chi connectivity index (χ4n) is 1.64. The molecule has 5 nitrogen and oxygen atoms in total. The minimum Gasteiger partial charge on any atom is -0.360 e. The molecule has 0 N–H and O–H groups in total. The minimum absolute atomic E-state index is 0.167. The number of aromatic nitrogens is 1. The van der Waals surface area contributed by atoms with Crippen molar-refractivity contribution >= 4 is 10.0 Å². The zero-order valence-corrected chi connectivity index (χ0v) is 11.5. The Hall–Kier alpha value is -1.14. The van der Waals surface area contributed by atoms with E-state index in [4.69, 9.17) is 4.52 Å². The van der Waals surface area contributed by atoms with Crippen LogP contribution in [0.5, 0.6) is 0 Å². The van der Waals surface area contributed by atoms with Crippen molar-refractivity contribution < 1.29 is 12.9 Å². The second-order valence-electron chi connectivity index (χ2n) is 4.04. The molecule has 0 aliphatic heterocycles. The summed E-state index contributed by atoms with van der Waals surface area (Å²) >= 11 is 0. The number of nitrogens with zero attached hydrogens (tertiary/aromatic N) is 2. The van der Waals surface area contributed by atoms with Crippen molar-refractivity contribution in [2.45, 2.75) is 32.6 Å². The third-order valence-corrected chi connectivity index (χ3v) is 4.53. The molecule has 0 amide bonds. The van der Waals surface area contributed by atoms with Gasteiger partial charge in [-0.3, -0.25) is 0 Å². The summed E-state index contributed by atoms with van der Waals surface area (Å²) in [4.78, 5) is 0.167. The molecule has 0 unspecified atom stereocenters. The molecular formula is C11H18N2O3S. The molecule has 0 aliphatic carbocycles. The Labute approximate surface area is 102 Å². The van der Waals surface area contributed by atoms with E-state index in [1.165, 1.54) is 4.31 Å². The molecule has 0 saturated carbocycles. The standard InChI is InChI=1S/C11H18N2O3S/c1-6-13(7-8(2)3)17(14,15)11-9(4)12-16-10(11)5/h2,6-7H2,1,3-5H3. The molecule has 1 heterocycles. The molecule has 1 aromatic rings. The molecular weight excluding hydrogens is 240 g/mol. The van der Waals surface area contributed by atoms with Gasteiger partial charge in [0.15, 0.2) is 5.76 Å². The van der Waals surface area contributed by atoms with Gasteiger partial charge in [-0.1, -0.05) is 24.2 Å². The fraction of sp³-hybridized carbons (Fsp3) is 0.545. The van der Waals surface area contributed by atoms with Gasteiger partial charge in [-0.05, 0) is 20.8 Å². The van der Waals surface area contributed by atoms with Crippen LogP contribution in [-0.4, -0.2) is 31.0 Å². The summed E-state index contributed by atoms with van der Waals surface area (Å²) in [6, 6.07) is 0. The van der Waals surface area contributed by atoms with E-state index < -0.39 is 10.0 Å². The number of hydrogen-bond donors (Lipinski definition) is 0. The lowest BCUT2D eigenvalue weighted by molar-refractivity contribution is 0.389. The number of sulfonamides is 1. The maximum atomic E-state index is 12.4. The predicted molar refractivity (Wildman–Crippen MR) is 65.2 cm³/mol. The highest BCUT2D eigenvalue weighted by molar-refractivity contribution is 7.89. The normalized spacial score (nSPS) is 12.1. The highest BCUT2D eigenvalue weighted by Gasteiger charge is 2.29. The Bertz CT molecular complexity index is 497. The van der Waals surface area contributed by atoms with Gasteiger partial charge in [-0.2, -0.15) is 4.31 Å². The van der Waals surface area contributed by atoms with E-state index >= 15 is 0 Å². The van der Waals surface area contributed by atoms with E-state index in [9.17, 15) is 8.42 Å². The lowest BCUT2D eigenvalue weighted by Crippen LogP contribution is -2.32. The predicted octanol–water partition coefficient (Wildman–Crippen LogP) is 1.88. The van der Waals surface area contributed by atoms with E-state index in [1.54, 1.807) is 27.7 Å². The largest absolute Gasteiger partial charge is 0.360 e. The first-order chi connectivity index (χ1) is 7.80. The fourth-order valence-corrected chi connectivity index (χ4v) is 3.44. The Morgan fingerprint density at radius 1 is 1.47 bits per heavy atom. The van der Waals surface area contributed by atoms with Gasteiger partial charge in [-0.25, -0.2) is 8.42 Å². The number of rotatable bonds is 5. The van der Waals surface area contributed by atoms with Crippen molar-refractivity contribution in [2.75, 3.05) is 13.1 Å². The molecule has 0 fully saturated rings. The van der Waals surface area contributed by atoms with Crippen LogP contribution >= 0.6 is 0 Å². The van der Waals surface area contributed by atoms with Gasteiger partial charge in [-0.15, -0.1) is 0 Å². The van der Waals surface area contributed by atoms with Crippen LogP contribution in [-0.2, 0) is 10.0 Å². The minimum atomic E-state index is -3.55. The van der Waals surface area contributed by atoms with Crippen LogP contribution in [0.1, 0.15) is 25.3 Å². The van der Waals surface area contributed by atoms with Crippen LogP contribution in [0, 0.1) is 13.8 Å². The van der Waals surface area contributed by atoms with Gasteiger partial charge in [0, 0.05) is 13.1 Å². The molecule has 0 atom stereocenters. The van der Waals surface area contributed by atoms with E-state index in [1.807, 2.05) is 0 Å². The first-order valence-electron chi connectivity index (χ1n) is 5.38. The lowest BCUT2D eigenvalue weighted by Gasteiger charge is -2.20. The third-order valence-electron chi connectivity index (χ3n) is 2.36. The molecule has 1 aromatic heterocycles. The lowest BCUT2D eigenvalue weighted by atomic mass is 10.3. The first kappa shape index (κ1) is 13.9. The summed E-state index contributed by atoms with van der Waals surface area (Å²) in [5.41, 5.74) is 1.19. The third kappa shape index (κ3) is 2.76. The second kappa shape index (κ2) is 5.01. The van der Waals surface area contributed by atoms with Crippen molar-refractivity contribution in [3.05, 3.63) is 23.6 Å². The van der Waals surface area contributed by atoms with Crippen LogP contribution in [0.2, 0.25) is 0 Å². The summed E-state index contributed by atoms with van der Waals surface area (Å²) in [5.74, 6) is 0.322. The Balaban J connectivity index is 3.22. The van der Waals surface area contributed by atoms with Crippen molar-refractivity contribution in [1.29, 1.82) is 0 Å². The van der Waals surface area contributed by atoms with E-state index in [2.05, 4.69) is 11.7 Å². The van der Waals surface area contributed by atoms with Gasteiger partial charge in [0.2, 0.25) is 10.0 Å². The maximum absolute atomic E-state index is 12.4. The van der Waals surface area contributed by atoms with Gasteiger partial charge in [0.1, 0.15) is 10.6 Å². The molecule has 0 radical (unpaired) electrons. The molecule has 0 bridgehead atoms. The van der Waals surface area contributed by atoms with Crippen LogP contribution < -0.4 is 0 Å². The molecule has 0 spiro atoms. The summed E-state index contributed by atoms with van der Waals surface area (Å²) in [5, 5.41) is 3.68. The Morgan fingerprint density at radius 3 is 2.41 bits per heavy atom. The smallest absolute Gasteiger partial charge is 0.248 e. The highest BCUT2D eigenvalue weighted by Crippen LogP contribution is 2.23. The number of aryl methyl sites for hydroxylation is 2. The summed E-state index contributed by atoms with van der Waals surface area (Å²) < 4.78 is 31.0. The average molecular weight is 258 g/mol. The van der Waals surface area contributed by atoms with Crippen LogP contribution in [0.3, 0.4) is 0 Å². The number of hydrogen-bond acceptors (Lipinski definition) is 4. The van der Waals surface area contributed by atoms with Crippen molar-refractivity contribution in [3.8, 4) is 0 Å². The van der Waals surface area contributed by atoms with Gasteiger partial charge < -0.3 is 4.52 Å². The van der Waals surface area contributed by atoms with Crippen LogP contribution in [0.15, 0.2) is 21.6 Å². The zero-order chi connectivity index (χ0) is 13.2. The molecule has 6 heteroatoms. The van der Waals surface area contributed by atoms with Gasteiger partial charge in [0.25, 0.3) is 0 Å².